The molecule has 0 atom stereocenters. The summed E-state index contributed by atoms with van der Waals surface area (Å²) in [5.41, 5.74) is 5.63. The number of hydrogen-bond acceptors (Lipinski definition) is 3. The van der Waals surface area contributed by atoms with Crippen molar-refractivity contribution in [3.8, 4) is 11.4 Å². The number of aromatic nitrogens is 3. The Morgan fingerprint density at radius 1 is 1.31 bits per heavy atom. The molecular weight excluding hydrogens is 214 g/mol. The topological polar surface area (TPSA) is 56.7 Å². The van der Waals surface area contributed by atoms with Gasteiger partial charge < -0.3 is 10.3 Å². The van der Waals surface area contributed by atoms with Crippen LogP contribution in [0.2, 0.25) is 0 Å². The van der Waals surface area contributed by atoms with Crippen LogP contribution in [0, 0.1) is 11.6 Å². The SMILES string of the molecule is Cn1c(CN)nnc1-c1ccc(F)cc1F. The highest BCUT2D eigenvalue weighted by Gasteiger charge is 2.13. The number of hydrogen-bond donors (Lipinski definition) is 1. The van der Waals surface area contributed by atoms with E-state index in [9.17, 15) is 8.78 Å². The van der Waals surface area contributed by atoms with Crippen LogP contribution in [-0.4, -0.2) is 14.8 Å². The number of nitrogens with zero attached hydrogens (tertiary/aromatic N) is 3. The first-order valence-electron chi connectivity index (χ1n) is 4.67. The zero-order valence-corrected chi connectivity index (χ0v) is 8.61. The number of halogens is 2. The molecule has 0 aliphatic heterocycles. The van der Waals surface area contributed by atoms with Gasteiger partial charge in [-0.15, -0.1) is 10.2 Å². The van der Waals surface area contributed by atoms with E-state index in [1.54, 1.807) is 11.6 Å². The minimum Gasteiger partial charge on any atom is -0.324 e. The molecule has 2 rings (SSSR count). The van der Waals surface area contributed by atoms with Crippen LogP contribution in [0.15, 0.2) is 18.2 Å². The van der Waals surface area contributed by atoms with Crippen molar-refractivity contribution in [1.82, 2.24) is 14.8 Å². The van der Waals surface area contributed by atoms with Crippen LogP contribution in [0.25, 0.3) is 11.4 Å². The van der Waals surface area contributed by atoms with E-state index in [-0.39, 0.29) is 12.1 Å². The molecule has 2 N–H and O–H groups in total. The molecule has 0 radical (unpaired) electrons. The third kappa shape index (κ3) is 1.67. The molecule has 0 spiro atoms. The zero-order chi connectivity index (χ0) is 11.7. The van der Waals surface area contributed by atoms with E-state index < -0.39 is 11.6 Å². The van der Waals surface area contributed by atoms with Gasteiger partial charge in [0, 0.05) is 13.1 Å². The third-order valence-corrected chi connectivity index (χ3v) is 2.32. The van der Waals surface area contributed by atoms with Gasteiger partial charge >= 0.3 is 0 Å². The van der Waals surface area contributed by atoms with Crippen LogP contribution in [0.1, 0.15) is 5.82 Å². The fourth-order valence-electron chi connectivity index (χ4n) is 1.44. The minimum absolute atomic E-state index is 0.205. The van der Waals surface area contributed by atoms with Crippen molar-refractivity contribution in [1.29, 1.82) is 0 Å². The lowest BCUT2D eigenvalue weighted by Gasteiger charge is -2.03. The summed E-state index contributed by atoms with van der Waals surface area (Å²) in [5, 5.41) is 7.62. The van der Waals surface area contributed by atoms with Crippen LogP contribution in [0.5, 0.6) is 0 Å². The normalized spacial score (nSPS) is 10.8. The van der Waals surface area contributed by atoms with Crippen molar-refractivity contribution in [2.75, 3.05) is 0 Å². The molecule has 0 aliphatic carbocycles. The number of rotatable bonds is 2. The van der Waals surface area contributed by atoms with Crippen molar-refractivity contribution in [2.45, 2.75) is 6.54 Å². The van der Waals surface area contributed by atoms with Gasteiger partial charge in [0.15, 0.2) is 5.82 Å². The third-order valence-electron chi connectivity index (χ3n) is 2.32. The molecule has 6 heteroatoms. The Morgan fingerprint density at radius 3 is 2.62 bits per heavy atom. The predicted molar refractivity (Wildman–Crippen MR) is 54.2 cm³/mol. The van der Waals surface area contributed by atoms with Crippen molar-refractivity contribution < 1.29 is 8.78 Å². The molecule has 2 aromatic rings. The van der Waals surface area contributed by atoms with E-state index in [4.69, 9.17) is 5.73 Å². The number of benzene rings is 1. The summed E-state index contributed by atoms with van der Waals surface area (Å²) in [5.74, 6) is -0.418. The molecule has 0 saturated carbocycles. The van der Waals surface area contributed by atoms with E-state index in [2.05, 4.69) is 10.2 Å². The Hall–Kier alpha value is -1.82. The van der Waals surface area contributed by atoms with Crippen LogP contribution in [0.3, 0.4) is 0 Å². The second-order valence-electron chi connectivity index (χ2n) is 3.33. The molecule has 0 aliphatic rings. The van der Waals surface area contributed by atoms with Crippen LogP contribution < -0.4 is 5.73 Å². The second-order valence-corrected chi connectivity index (χ2v) is 3.33. The molecule has 0 fully saturated rings. The monoisotopic (exact) mass is 224 g/mol. The molecule has 1 aromatic carbocycles. The minimum atomic E-state index is -0.668. The van der Waals surface area contributed by atoms with E-state index in [0.29, 0.717) is 11.6 Å². The van der Waals surface area contributed by atoms with Crippen LogP contribution >= 0.6 is 0 Å². The van der Waals surface area contributed by atoms with E-state index >= 15 is 0 Å². The molecule has 0 saturated heterocycles. The largest absolute Gasteiger partial charge is 0.324 e. The fourth-order valence-corrected chi connectivity index (χ4v) is 1.44. The molecule has 84 valence electrons. The second kappa shape index (κ2) is 3.97. The van der Waals surface area contributed by atoms with Gasteiger partial charge in [0.05, 0.1) is 12.1 Å². The Labute approximate surface area is 90.7 Å². The average Bonchev–Trinajstić information content (AvgIpc) is 2.60. The van der Waals surface area contributed by atoms with Crippen LogP contribution in [0.4, 0.5) is 8.78 Å². The highest BCUT2D eigenvalue weighted by molar-refractivity contribution is 5.56. The fraction of sp³-hybridized carbons (Fsp3) is 0.200. The summed E-state index contributed by atoms with van der Waals surface area (Å²) >= 11 is 0. The van der Waals surface area contributed by atoms with Gasteiger partial charge in [-0.2, -0.15) is 0 Å². The molecule has 1 heterocycles. The maximum absolute atomic E-state index is 13.5. The summed E-state index contributed by atoms with van der Waals surface area (Å²) < 4.78 is 27.8. The molecular formula is C10H10F2N4. The highest BCUT2D eigenvalue weighted by Crippen LogP contribution is 2.21. The van der Waals surface area contributed by atoms with Gasteiger partial charge in [0.1, 0.15) is 17.5 Å². The van der Waals surface area contributed by atoms with Gasteiger partial charge in [0.2, 0.25) is 0 Å². The maximum atomic E-state index is 13.5. The standard InChI is InChI=1S/C10H10F2N4/c1-16-9(5-13)14-15-10(16)7-3-2-6(11)4-8(7)12/h2-4H,5,13H2,1H3. The molecule has 1 aromatic heterocycles. The molecule has 0 bridgehead atoms. The quantitative estimate of drug-likeness (QED) is 0.834. The van der Waals surface area contributed by atoms with Crippen molar-refractivity contribution in [2.24, 2.45) is 12.8 Å². The Morgan fingerprint density at radius 2 is 2.06 bits per heavy atom. The molecule has 0 unspecified atom stereocenters. The predicted octanol–water partition coefficient (Wildman–Crippen LogP) is 1.22. The van der Waals surface area contributed by atoms with Crippen molar-refractivity contribution in [3.05, 3.63) is 35.7 Å². The van der Waals surface area contributed by atoms with E-state index in [1.807, 2.05) is 0 Å². The smallest absolute Gasteiger partial charge is 0.166 e. The van der Waals surface area contributed by atoms with Crippen molar-refractivity contribution >= 4 is 0 Å². The van der Waals surface area contributed by atoms with Gasteiger partial charge in [-0.05, 0) is 12.1 Å². The van der Waals surface area contributed by atoms with E-state index in [0.717, 1.165) is 6.07 Å². The molecule has 4 nitrogen and oxygen atoms in total. The first-order valence-corrected chi connectivity index (χ1v) is 4.67. The maximum Gasteiger partial charge on any atom is 0.166 e. The summed E-state index contributed by atoms with van der Waals surface area (Å²) in [6, 6.07) is 3.32. The lowest BCUT2D eigenvalue weighted by atomic mass is 10.2. The zero-order valence-electron chi connectivity index (χ0n) is 8.61. The van der Waals surface area contributed by atoms with Gasteiger partial charge in [0.25, 0.3) is 0 Å². The van der Waals surface area contributed by atoms with Crippen LogP contribution in [-0.2, 0) is 13.6 Å². The summed E-state index contributed by atoms with van der Waals surface area (Å²) in [4.78, 5) is 0. The lowest BCUT2D eigenvalue weighted by Crippen LogP contribution is -2.05. The Balaban J connectivity index is 2.54. The summed E-state index contributed by atoms with van der Waals surface area (Å²) in [6.07, 6.45) is 0. The molecule has 16 heavy (non-hydrogen) atoms. The van der Waals surface area contributed by atoms with E-state index in [1.165, 1.54) is 12.1 Å². The Bertz CT molecular complexity index is 522. The average molecular weight is 224 g/mol. The summed E-state index contributed by atoms with van der Waals surface area (Å²) in [7, 11) is 1.68. The first-order chi connectivity index (χ1) is 7.63. The summed E-state index contributed by atoms with van der Waals surface area (Å²) in [6.45, 7) is 0.215. The van der Waals surface area contributed by atoms with Gasteiger partial charge in [-0.3, -0.25) is 0 Å². The molecule has 0 amide bonds. The number of nitrogens with two attached hydrogens (primary N) is 1. The Kier molecular flexibility index (Phi) is 2.66. The van der Waals surface area contributed by atoms with Gasteiger partial charge in [-0.1, -0.05) is 0 Å². The highest BCUT2D eigenvalue weighted by atomic mass is 19.1. The van der Waals surface area contributed by atoms with Gasteiger partial charge in [-0.25, -0.2) is 8.78 Å². The van der Waals surface area contributed by atoms with Crippen molar-refractivity contribution in [3.63, 3.8) is 0 Å². The lowest BCUT2D eigenvalue weighted by molar-refractivity contribution is 0.584. The first kappa shape index (κ1) is 10.7.